The van der Waals surface area contributed by atoms with Crippen LogP contribution in [0.4, 0.5) is 0 Å². The average molecular weight is 759 g/mol. The number of sulfone groups is 1. The number of hydrogen-bond donors (Lipinski definition) is 2. The lowest BCUT2D eigenvalue weighted by atomic mass is 9.45. The minimum Gasteiger partial charge on any atom is -0.466 e. The molecule has 4 aliphatic rings. The lowest BCUT2D eigenvalue weighted by Crippen LogP contribution is -2.62. The van der Waals surface area contributed by atoms with Gasteiger partial charge in [0.05, 0.1) is 42.2 Å². The zero-order valence-electron chi connectivity index (χ0n) is 29.9. The molecular weight excluding hydrogens is 712 g/mol. The summed E-state index contributed by atoms with van der Waals surface area (Å²) in [4.78, 5) is 50.0. The third-order valence-electron chi connectivity index (χ3n) is 12.3. The zero-order chi connectivity index (χ0) is 38.2. The first kappa shape index (κ1) is 38.6. The first-order valence-electron chi connectivity index (χ1n) is 18.1. The van der Waals surface area contributed by atoms with Crippen LogP contribution in [0.2, 0.25) is 0 Å². The molecule has 1 aromatic carbocycles. The van der Waals surface area contributed by atoms with Gasteiger partial charge in [0.1, 0.15) is 5.60 Å². The van der Waals surface area contributed by atoms with Crippen molar-refractivity contribution in [1.29, 1.82) is 0 Å². The number of benzene rings is 1. The fourth-order valence-electron chi connectivity index (χ4n) is 9.56. The van der Waals surface area contributed by atoms with Gasteiger partial charge in [0.2, 0.25) is 5.78 Å². The standard InChI is InChI=1S/C37H46N2O13S/c1-35-16-14-24(40)20-23(35)10-11-26-27-15-17-37(45,36(27,2)21-28(41)32(26)35)29(42)22-51-31(44)13-12-30(43)49-18-6-7-19-50-33-34(39(46)52-38-33)53(47,48)25-8-4-3-5-9-25/h3-5,8-9,20,26-28,32,41,45H,6-7,10-19,21-22H2,1-2H3/t26-,27-,28-,32+,35-,36-,37-/m0/s1. The van der Waals surface area contributed by atoms with E-state index in [4.69, 9.17) is 14.2 Å². The van der Waals surface area contributed by atoms with Gasteiger partial charge < -0.3 is 29.6 Å². The molecule has 0 spiro atoms. The van der Waals surface area contributed by atoms with Gasteiger partial charge in [-0.25, -0.2) is 8.42 Å². The summed E-state index contributed by atoms with van der Waals surface area (Å²) in [6, 6.07) is 7.26. The maximum Gasteiger partial charge on any atom is 0.414 e. The van der Waals surface area contributed by atoms with Crippen molar-refractivity contribution in [2.45, 2.75) is 106 Å². The van der Waals surface area contributed by atoms with E-state index in [-0.39, 0.29) is 77.6 Å². The molecule has 0 aliphatic heterocycles. The minimum absolute atomic E-state index is 0.0156. The van der Waals surface area contributed by atoms with E-state index in [1.165, 1.54) is 24.3 Å². The van der Waals surface area contributed by atoms with Gasteiger partial charge in [0.15, 0.2) is 12.4 Å². The number of esters is 2. The number of fused-ring (bicyclic) bond motifs is 5. The van der Waals surface area contributed by atoms with Crippen molar-refractivity contribution in [3.8, 4) is 5.88 Å². The van der Waals surface area contributed by atoms with Crippen molar-refractivity contribution in [2.24, 2.45) is 28.6 Å². The van der Waals surface area contributed by atoms with Gasteiger partial charge in [-0.15, -0.1) is 0 Å². The normalized spacial score (nSPS) is 30.7. The molecule has 1 aromatic heterocycles. The Morgan fingerprint density at radius 1 is 1.02 bits per heavy atom. The highest BCUT2D eigenvalue weighted by molar-refractivity contribution is 7.91. The lowest BCUT2D eigenvalue weighted by molar-refractivity contribution is -0.832. The van der Waals surface area contributed by atoms with Crippen molar-refractivity contribution < 1.29 is 61.6 Å². The molecule has 6 rings (SSSR count). The van der Waals surface area contributed by atoms with Crippen molar-refractivity contribution in [2.75, 3.05) is 19.8 Å². The van der Waals surface area contributed by atoms with Crippen LogP contribution in [-0.2, 0) is 38.5 Å². The van der Waals surface area contributed by atoms with Gasteiger partial charge in [-0.05, 0) is 97.6 Å². The summed E-state index contributed by atoms with van der Waals surface area (Å²) >= 11 is 0. The predicted octanol–water partition coefficient (Wildman–Crippen LogP) is 2.97. The van der Waals surface area contributed by atoms with Gasteiger partial charge in [-0.3, -0.25) is 23.8 Å². The SMILES string of the molecule is C[C@]12CCC(=O)C=C1CC[C@@H]1[C@@H]2[C@@H](O)C[C@@]2(C)[C@H]1CC[C@]2(O)C(=O)COC(=O)CCC(=O)OCCCCOc1no[n+]([O-])c1S(=O)(=O)c1ccccc1. The number of Topliss-reactive ketones (excluding diaryl/α,β-unsaturated/α-hetero) is 1. The van der Waals surface area contributed by atoms with Crippen molar-refractivity contribution >= 4 is 33.3 Å². The molecule has 3 fully saturated rings. The fraction of sp³-hybridized carbons (Fsp3) is 0.622. The summed E-state index contributed by atoms with van der Waals surface area (Å²) in [6.45, 7) is 3.25. The Labute approximate surface area is 307 Å². The zero-order valence-corrected chi connectivity index (χ0v) is 30.7. The molecule has 2 N–H and O–H groups in total. The second kappa shape index (κ2) is 14.9. The number of unbranched alkanes of at least 4 members (excludes halogenated alkanes) is 1. The summed E-state index contributed by atoms with van der Waals surface area (Å²) < 4.78 is 45.8. The second-order valence-electron chi connectivity index (χ2n) is 15.2. The maximum absolute atomic E-state index is 13.5. The highest BCUT2D eigenvalue weighted by Gasteiger charge is 2.68. The summed E-state index contributed by atoms with van der Waals surface area (Å²) in [7, 11) is -4.25. The molecule has 3 saturated carbocycles. The second-order valence-corrected chi connectivity index (χ2v) is 17.1. The van der Waals surface area contributed by atoms with Crippen LogP contribution in [0.15, 0.2) is 56.5 Å². The van der Waals surface area contributed by atoms with Gasteiger partial charge in [0, 0.05) is 11.8 Å². The highest BCUT2D eigenvalue weighted by atomic mass is 32.2. The van der Waals surface area contributed by atoms with Gasteiger partial charge in [0.25, 0.3) is 9.84 Å². The Bertz CT molecular complexity index is 1880. The Kier molecular flexibility index (Phi) is 10.9. The van der Waals surface area contributed by atoms with E-state index in [2.05, 4.69) is 16.7 Å². The van der Waals surface area contributed by atoms with Crippen LogP contribution in [0.3, 0.4) is 0 Å². The van der Waals surface area contributed by atoms with Gasteiger partial charge in [-0.1, -0.05) is 37.6 Å². The van der Waals surface area contributed by atoms with Crippen LogP contribution < -0.4 is 9.64 Å². The monoisotopic (exact) mass is 758 g/mol. The first-order valence-corrected chi connectivity index (χ1v) is 19.6. The summed E-state index contributed by atoms with van der Waals surface area (Å²) in [6.07, 6.45) is 4.64. The molecule has 0 amide bonds. The Hall–Kier alpha value is -4.15. The van der Waals surface area contributed by atoms with E-state index in [1.807, 2.05) is 6.92 Å². The molecule has 0 unspecified atom stereocenters. The molecule has 16 heteroatoms. The molecule has 1 heterocycles. The van der Waals surface area contributed by atoms with E-state index < -0.39 is 62.2 Å². The van der Waals surface area contributed by atoms with Crippen molar-refractivity contribution in [3.05, 3.63) is 47.2 Å². The van der Waals surface area contributed by atoms with Crippen LogP contribution in [-0.4, -0.2) is 78.8 Å². The highest BCUT2D eigenvalue weighted by Crippen LogP contribution is 2.67. The number of ketones is 2. The largest absolute Gasteiger partial charge is 0.466 e. The van der Waals surface area contributed by atoms with E-state index in [0.717, 1.165) is 18.4 Å². The van der Waals surface area contributed by atoms with Gasteiger partial charge >= 0.3 is 22.8 Å². The predicted molar refractivity (Wildman–Crippen MR) is 181 cm³/mol. The van der Waals surface area contributed by atoms with Crippen molar-refractivity contribution in [1.82, 2.24) is 5.16 Å². The molecule has 53 heavy (non-hydrogen) atoms. The minimum atomic E-state index is -4.25. The number of aliphatic hydroxyl groups is 2. The molecule has 15 nitrogen and oxygen atoms in total. The number of aromatic nitrogens is 2. The number of allylic oxidation sites excluding steroid dienone is 1. The lowest BCUT2D eigenvalue weighted by Gasteiger charge is -2.60. The number of ether oxygens (including phenoxy) is 3. The van der Waals surface area contributed by atoms with E-state index in [9.17, 15) is 43.0 Å². The van der Waals surface area contributed by atoms with Crippen LogP contribution in [0.25, 0.3) is 0 Å². The van der Waals surface area contributed by atoms with Crippen molar-refractivity contribution in [3.63, 3.8) is 0 Å². The van der Waals surface area contributed by atoms with E-state index >= 15 is 0 Å². The number of nitrogens with zero attached hydrogens (tertiary/aromatic N) is 2. The topological polar surface area (TPSA) is 224 Å². The summed E-state index contributed by atoms with van der Waals surface area (Å²) in [5, 5.41) is 38.0. The maximum atomic E-state index is 13.5. The molecule has 0 saturated heterocycles. The molecule has 7 atom stereocenters. The third kappa shape index (κ3) is 7.12. The summed E-state index contributed by atoms with van der Waals surface area (Å²) in [5.41, 5.74) is -1.90. The number of carbonyl (C=O) groups excluding carboxylic acids is 4. The molecule has 0 radical (unpaired) electrons. The van der Waals surface area contributed by atoms with E-state index in [0.29, 0.717) is 32.1 Å². The molecule has 288 valence electrons. The average Bonchev–Trinajstić information content (AvgIpc) is 3.64. The van der Waals surface area contributed by atoms with Crippen LogP contribution >= 0.6 is 0 Å². The molecule has 4 aliphatic carbocycles. The third-order valence-corrected chi connectivity index (χ3v) is 14.0. The van der Waals surface area contributed by atoms with E-state index in [1.54, 1.807) is 12.1 Å². The van der Waals surface area contributed by atoms with Gasteiger partial charge in [-0.2, -0.15) is 0 Å². The van der Waals surface area contributed by atoms with Crippen LogP contribution in [0.1, 0.15) is 84.5 Å². The number of aliphatic hydroxyl groups excluding tert-OH is 1. The molecule has 0 bridgehead atoms. The summed E-state index contributed by atoms with van der Waals surface area (Å²) in [5.74, 6) is -2.47. The molecular formula is C37H46N2O13S. The fourth-order valence-corrected chi connectivity index (χ4v) is 10.9. The molecule has 2 aromatic rings. The van der Waals surface area contributed by atoms with Crippen LogP contribution in [0, 0.1) is 33.8 Å². The Morgan fingerprint density at radius 3 is 2.45 bits per heavy atom. The quantitative estimate of drug-likeness (QED) is 0.161. The smallest absolute Gasteiger partial charge is 0.414 e. The Morgan fingerprint density at radius 2 is 1.72 bits per heavy atom. The Balaban J connectivity index is 0.916. The van der Waals surface area contributed by atoms with Crippen LogP contribution in [0.5, 0.6) is 5.88 Å². The first-order chi connectivity index (χ1) is 25.1. The number of carbonyl (C=O) groups is 4. The number of hydrogen-bond acceptors (Lipinski definition) is 14. The number of rotatable bonds is 14.